The Morgan fingerprint density at radius 2 is 1.73 bits per heavy atom. The molecule has 6 nitrogen and oxygen atoms in total. The molecule has 0 spiro atoms. The molecule has 2 aliphatic rings. The monoisotopic (exact) mass is 367 g/mol. The lowest BCUT2D eigenvalue weighted by Crippen LogP contribution is -2.40. The zero-order valence-corrected chi connectivity index (χ0v) is 17.1. The van der Waals surface area contributed by atoms with Gasteiger partial charge in [-0.25, -0.2) is 0 Å². The van der Waals surface area contributed by atoms with Crippen molar-refractivity contribution in [1.29, 1.82) is 0 Å². The normalized spacial score (nSPS) is 22.0. The summed E-state index contributed by atoms with van der Waals surface area (Å²) in [5, 5.41) is 6.80. The van der Waals surface area contributed by atoms with Gasteiger partial charge in [0.15, 0.2) is 5.96 Å². The van der Waals surface area contributed by atoms with Crippen LogP contribution in [0, 0.1) is 0 Å². The molecular weight excluding hydrogens is 326 g/mol. The average Bonchev–Trinajstić information content (AvgIpc) is 3.03. The molecule has 2 rings (SSSR count). The van der Waals surface area contributed by atoms with Gasteiger partial charge < -0.3 is 25.2 Å². The van der Waals surface area contributed by atoms with Crippen LogP contribution in [0.4, 0.5) is 0 Å². The molecule has 1 saturated carbocycles. The minimum Gasteiger partial charge on any atom is -0.376 e. The van der Waals surface area contributed by atoms with Gasteiger partial charge in [-0.3, -0.25) is 4.99 Å². The van der Waals surface area contributed by atoms with Crippen LogP contribution in [0.1, 0.15) is 51.4 Å². The summed E-state index contributed by atoms with van der Waals surface area (Å²) in [6, 6.07) is 0. The molecule has 26 heavy (non-hydrogen) atoms. The molecule has 1 aliphatic carbocycles. The third-order valence-corrected chi connectivity index (χ3v) is 5.53. The van der Waals surface area contributed by atoms with Gasteiger partial charge in [0, 0.05) is 33.2 Å². The highest BCUT2D eigenvalue weighted by Gasteiger charge is 2.13. The van der Waals surface area contributed by atoms with Crippen molar-refractivity contribution in [1.82, 2.24) is 20.4 Å². The summed E-state index contributed by atoms with van der Waals surface area (Å²) < 4.78 is 6.03. The summed E-state index contributed by atoms with van der Waals surface area (Å²) in [7, 11) is 4.06. The number of likely N-dealkylation sites (N-methyl/N-ethyl adjacent to an activating group) is 1. The number of hydrogen-bond acceptors (Lipinski definition) is 4. The van der Waals surface area contributed by atoms with Crippen LogP contribution in [-0.4, -0.2) is 88.4 Å². The number of aliphatic imine (C=N–C) groups is 1. The lowest BCUT2D eigenvalue weighted by Gasteiger charge is -2.20. The second-order valence-electron chi connectivity index (χ2n) is 7.76. The van der Waals surface area contributed by atoms with Gasteiger partial charge in [0.1, 0.15) is 0 Å². The number of guanidine groups is 1. The molecule has 152 valence electrons. The smallest absolute Gasteiger partial charge is 0.191 e. The third kappa shape index (κ3) is 9.19. The van der Waals surface area contributed by atoms with E-state index in [9.17, 15) is 0 Å². The molecule has 0 aromatic heterocycles. The van der Waals surface area contributed by atoms with Crippen molar-refractivity contribution in [3.05, 3.63) is 0 Å². The van der Waals surface area contributed by atoms with Crippen LogP contribution in [0.3, 0.4) is 0 Å². The van der Waals surface area contributed by atoms with Gasteiger partial charge in [0.25, 0.3) is 0 Å². The summed E-state index contributed by atoms with van der Waals surface area (Å²) >= 11 is 0. The maximum absolute atomic E-state index is 6.03. The van der Waals surface area contributed by atoms with Crippen LogP contribution in [0.5, 0.6) is 0 Å². The van der Waals surface area contributed by atoms with E-state index >= 15 is 0 Å². The van der Waals surface area contributed by atoms with E-state index < -0.39 is 0 Å². The summed E-state index contributed by atoms with van der Waals surface area (Å²) in [6.45, 7) is 8.59. The van der Waals surface area contributed by atoms with Crippen LogP contribution in [-0.2, 0) is 4.74 Å². The molecule has 0 amide bonds. The molecular formula is C20H41N5O. The first kappa shape index (κ1) is 21.5. The lowest BCUT2D eigenvalue weighted by molar-refractivity contribution is 0.0468. The Kier molecular flexibility index (Phi) is 11.0. The van der Waals surface area contributed by atoms with Gasteiger partial charge in [-0.15, -0.1) is 0 Å². The van der Waals surface area contributed by atoms with Gasteiger partial charge >= 0.3 is 0 Å². The Labute approximate surface area is 160 Å². The fraction of sp³-hybridized carbons (Fsp3) is 0.950. The molecule has 1 heterocycles. The Morgan fingerprint density at radius 3 is 2.50 bits per heavy atom. The number of rotatable bonds is 8. The minimum absolute atomic E-state index is 0.474. The fourth-order valence-corrected chi connectivity index (χ4v) is 3.86. The van der Waals surface area contributed by atoms with Crippen LogP contribution in [0.15, 0.2) is 4.99 Å². The second kappa shape index (κ2) is 13.3. The minimum atomic E-state index is 0.474. The van der Waals surface area contributed by atoms with Gasteiger partial charge in [-0.2, -0.15) is 0 Å². The van der Waals surface area contributed by atoms with E-state index in [0.29, 0.717) is 6.10 Å². The van der Waals surface area contributed by atoms with Gasteiger partial charge in [-0.1, -0.05) is 25.7 Å². The number of ether oxygens (including phenoxy) is 1. The van der Waals surface area contributed by atoms with Gasteiger partial charge in [-0.05, 0) is 52.4 Å². The Bertz CT molecular complexity index is 382. The summed E-state index contributed by atoms with van der Waals surface area (Å²) in [5.41, 5.74) is 0. The molecule has 0 radical (unpaired) electrons. The zero-order chi connectivity index (χ0) is 18.5. The molecule has 1 aliphatic heterocycles. The number of nitrogens with one attached hydrogen (secondary N) is 2. The van der Waals surface area contributed by atoms with Crippen LogP contribution < -0.4 is 10.6 Å². The maximum atomic E-state index is 6.03. The fourth-order valence-electron chi connectivity index (χ4n) is 3.86. The topological polar surface area (TPSA) is 52.1 Å². The largest absolute Gasteiger partial charge is 0.376 e. The number of hydrogen-bond donors (Lipinski definition) is 2. The van der Waals surface area contributed by atoms with E-state index in [2.05, 4.69) is 32.5 Å². The standard InChI is InChI=1S/C20H41N5O/c1-21-20(23-12-18-26-19-9-5-3-4-6-10-19)22-11-7-14-25-15-8-13-24(2)16-17-25/h19H,3-18H2,1-2H3,(H2,21,22,23). The van der Waals surface area contributed by atoms with Crippen LogP contribution in [0.2, 0.25) is 0 Å². The van der Waals surface area contributed by atoms with Crippen LogP contribution in [0.25, 0.3) is 0 Å². The quantitative estimate of drug-likeness (QED) is 0.297. The van der Waals surface area contributed by atoms with E-state index in [4.69, 9.17) is 4.74 Å². The van der Waals surface area contributed by atoms with Crippen molar-refractivity contribution in [3.8, 4) is 0 Å². The summed E-state index contributed by atoms with van der Waals surface area (Å²) in [6.07, 6.45) is 10.8. The molecule has 0 bridgehead atoms. The van der Waals surface area contributed by atoms with E-state index in [1.54, 1.807) is 0 Å². The molecule has 6 heteroatoms. The lowest BCUT2D eigenvalue weighted by atomic mass is 10.1. The highest BCUT2D eigenvalue weighted by molar-refractivity contribution is 5.79. The molecule has 0 aromatic carbocycles. The Hall–Kier alpha value is -0.850. The number of nitrogens with zero attached hydrogens (tertiary/aromatic N) is 3. The van der Waals surface area contributed by atoms with E-state index in [-0.39, 0.29) is 0 Å². The highest BCUT2D eigenvalue weighted by Crippen LogP contribution is 2.19. The van der Waals surface area contributed by atoms with Crippen molar-refractivity contribution in [2.45, 2.75) is 57.5 Å². The first-order valence-corrected chi connectivity index (χ1v) is 10.7. The molecule has 2 fully saturated rings. The first-order valence-electron chi connectivity index (χ1n) is 10.7. The van der Waals surface area contributed by atoms with Gasteiger partial charge in [0.2, 0.25) is 0 Å². The van der Waals surface area contributed by atoms with E-state index in [1.165, 1.54) is 77.7 Å². The van der Waals surface area contributed by atoms with Crippen molar-refractivity contribution < 1.29 is 4.74 Å². The van der Waals surface area contributed by atoms with E-state index in [0.717, 1.165) is 32.1 Å². The molecule has 2 N–H and O–H groups in total. The van der Waals surface area contributed by atoms with Gasteiger partial charge in [0.05, 0.1) is 12.7 Å². The first-order chi connectivity index (χ1) is 12.8. The third-order valence-electron chi connectivity index (χ3n) is 5.53. The predicted molar refractivity (Wildman–Crippen MR) is 110 cm³/mol. The predicted octanol–water partition coefficient (Wildman–Crippen LogP) is 1.92. The molecule has 0 unspecified atom stereocenters. The second-order valence-corrected chi connectivity index (χ2v) is 7.76. The van der Waals surface area contributed by atoms with Crippen LogP contribution >= 0.6 is 0 Å². The molecule has 0 atom stereocenters. The molecule has 0 aromatic rings. The zero-order valence-electron chi connectivity index (χ0n) is 17.1. The van der Waals surface area contributed by atoms with Crippen molar-refractivity contribution >= 4 is 5.96 Å². The molecule has 1 saturated heterocycles. The van der Waals surface area contributed by atoms with Crippen molar-refractivity contribution in [2.24, 2.45) is 4.99 Å². The summed E-state index contributed by atoms with van der Waals surface area (Å²) in [5.74, 6) is 0.894. The maximum Gasteiger partial charge on any atom is 0.191 e. The Morgan fingerprint density at radius 1 is 0.962 bits per heavy atom. The highest BCUT2D eigenvalue weighted by atomic mass is 16.5. The summed E-state index contributed by atoms with van der Waals surface area (Å²) in [4.78, 5) is 9.33. The Balaban J connectivity index is 1.49. The SMILES string of the molecule is CN=C(NCCCN1CCCN(C)CC1)NCCOC1CCCCCC1. The van der Waals surface area contributed by atoms with Crippen molar-refractivity contribution in [2.75, 3.05) is 66.5 Å². The van der Waals surface area contributed by atoms with E-state index in [1.807, 2.05) is 7.05 Å². The average molecular weight is 368 g/mol. The van der Waals surface area contributed by atoms with Crippen molar-refractivity contribution in [3.63, 3.8) is 0 Å².